The van der Waals surface area contributed by atoms with Crippen LogP contribution in [0.3, 0.4) is 0 Å². The summed E-state index contributed by atoms with van der Waals surface area (Å²) in [7, 11) is 0. The summed E-state index contributed by atoms with van der Waals surface area (Å²) < 4.78 is 1.82. The number of carbonyl (C=O) groups excluding carboxylic acids is 1. The molecule has 0 unspecified atom stereocenters. The van der Waals surface area contributed by atoms with Crippen LogP contribution in [-0.2, 0) is 17.8 Å². The smallest absolute Gasteiger partial charge is 0.242 e. The summed E-state index contributed by atoms with van der Waals surface area (Å²) in [5.74, 6) is 1.20. The van der Waals surface area contributed by atoms with Gasteiger partial charge in [0, 0.05) is 18.8 Å². The number of hydrogen-bond acceptors (Lipinski definition) is 3. The number of nitriles is 1. The maximum atomic E-state index is 12.6. The van der Waals surface area contributed by atoms with Gasteiger partial charge in [0.25, 0.3) is 0 Å². The third-order valence-corrected chi connectivity index (χ3v) is 4.62. The van der Waals surface area contributed by atoms with E-state index >= 15 is 0 Å². The Morgan fingerprint density at radius 1 is 1.52 bits per heavy atom. The first-order valence-corrected chi connectivity index (χ1v) is 8.58. The van der Waals surface area contributed by atoms with E-state index in [0.717, 1.165) is 38.0 Å². The standard InChI is InChI=1S/C18H28N4O/c1-13(2)6-7-17-16(20)9-15(10-19)22(17)12-18(23)21-8-4-5-14(3)11-21/h9,13-14H,4-8,11-12,20H2,1-3H3/t14-/m1/s1. The van der Waals surface area contributed by atoms with Crippen LogP contribution in [0.5, 0.6) is 0 Å². The van der Waals surface area contributed by atoms with Crippen LogP contribution in [0.15, 0.2) is 6.07 Å². The minimum Gasteiger partial charge on any atom is -0.397 e. The zero-order chi connectivity index (χ0) is 17.0. The third kappa shape index (κ3) is 4.28. The van der Waals surface area contributed by atoms with Crippen molar-refractivity contribution in [2.75, 3.05) is 18.8 Å². The molecule has 0 aromatic carbocycles. The van der Waals surface area contributed by atoms with Crippen molar-refractivity contribution < 1.29 is 4.79 Å². The summed E-state index contributed by atoms with van der Waals surface area (Å²) in [6.07, 6.45) is 4.04. The quantitative estimate of drug-likeness (QED) is 0.907. The van der Waals surface area contributed by atoms with Crippen molar-refractivity contribution in [3.63, 3.8) is 0 Å². The first-order chi connectivity index (χ1) is 10.9. The van der Waals surface area contributed by atoms with Gasteiger partial charge in [0.05, 0.1) is 5.69 Å². The van der Waals surface area contributed by atoms with Gasteiger partial charge in [-0.3, -0.25) is 4.79 Å². The van der Waals surface area contributed by atoms with Crippen LogP contribution in [0.1, 0.15) is 51.4 Å². The Balaban J connectivity index is 2.17. The number of carbonyl (C=O) groups is 1. The summed E-state index contributed by atoms with van der Waals surface area (Å²) in [4.78, 5) is 14.6. The molecule has 1 fully saturated rings. The van der Waals surface area contributed by atoms with Gasteiger partial charge in [-0.25, -0.2) is 0 Å². The van der Waals surface area contributed by atoms with Crippen molar-refractivity contribution >= 4 is 11.6 Å². The van der Waals surface area contributed by atoms with Gasteiger partial charge in [0.1, 0.15) is 18.3 Å². The van der Waals surface area contributed by atoms with E-state index in [9.17, 15) is 10.1 Å². The molecule has 23 heavy (non-hydrogen) atoms. The molecule has 0 spiro atoms. The van der Waals surface area contributed by atoms with Crippen LogP contribution >= 0.6 is 0 Å². The first kappa shape index (κ1) is 17.4. The number of likely N-dealkylation sites (tertiary alicyclic amines) is 1. The summed E-state index contributed by atoms with van der Waals surface area (Å²) in [5, 5.41) is 9.35. The minimum atomic E-state index is 0.0921. The lowest BCUT2D eigenvalue weighted by molar-refractivity contribution is -0.133. The molecule has 1 amide bonds. The van der Waals surface area contributed by atoms with Crippen molar-refractivity contribution in [2.45, 2.75) is 53.0 Å². The Kier molecular flexibility index (Phi) is 5.70. The van der Waals surface area contributed by atoms with Crippen molar-refractivity contribution in [2.24, 2.45) is 11.8 Å². The van der Waals surface area contributed by atoms with Crippen LogP contribution in [-0.4, -0.2) is 28.5 Å². The van der Waals surface area contributed by atoms with E-state index < -0.39 is 0 Å². The number of nitrogen functional groups attached to an aromatic ring is 1. The van der Waals surface area contributed by atoms with Crippen LogP contribution in [0.2, 0.25) is 0 Å². The second-order valence-electron chi connectivity index (χ2n) is 7.15. The maximum absolute atomic E-state index is 12.6. The summed E-state index contributed by atoms with van der Waals surface area (Å²) in [6, 6.07) is 3.87. The average Bonchev–Trinajstić information content (AvgIpc) is 2.80. The molecule has 0 saturated carbocycles. The molecule has 0 radical (unpaired) electrons. The number of piperidine rings is 1. The van der Waals surface area contributed by atoms with Crippen molar-refractivity contribution in [3.05, 3.63) is 17.5 Å². The molecular weight excluding hydrogens is 288 g/mol. The van der Waals surface area contributed by atoms with E-state index in [1.54, 1.807) is 6.07 Å². The number of hydrogen-bond donors (Lipinski definition) is 1. The Bertz CT molecular complexity index is 597. The number of aromatic nitrogens is 1. The maximum Gasteiger partial charge on any atom is 0.242 e. The zero-order valence-electron chi connectivity index (χ0n) is 14.5. The van der Waals surface area contributed by atoms with Gasteiger partial charge in [-0.15, -0.1) is 0 Å². The normalized spacial score (nSPS) is 18.2. The van der Waals surface area contributed by atoms with Gasteiger partial charge in [0.15, 0.2) is 0 Å². The monoisotopic (exact) mass is 316 g/mol. The van der Waals surface area contributed by atoms with Crippen molar-refractivity contribution in [1.82, 2.24) is 9.47 Å². The SMILES string of the molecule is CC(C)CCc1c(N)cc(C#N)n1CC(=O)N1CCC[C@@H](C)C1. The van der Waals surface area contributed by atoms with E-state index in [-0.39, 0.29) is 12.5 Å². The molecule has 2 heterocycles. The highest BCUT2D eigenvalue weighted by molar-refractivity contribution is 5.77. The van der Waals surface area contributed by atoms with E-state index in [4.69, 9.17) is 5.73 Å². The molecule has 5 heteroatoms. The molecular formula is C18H28N4O. The fraction of sp³-hybridized carbons (Fsp3) is 0.667. The predicted molar refractivity (Wildman–Crippen MR) is 91.7 cm³/mol. The summed E-state index contributed by atoms with van der Waals surface area (Å²) in [5.41, 5.74) is 8.12. The van der Waals surface area contributed by atoms with Gasteiger partial charge in [0.2, 0.25) is 5.91 Å². The molecule has 0 bridgehead atoms. The van der Waals surface area contributed by atoms with Crippen LogP contribution in [0.25, 0.3) is 0 Å². The molecule has 0 aliphatic carbocycles. The van der Waals surface area contributed by atoms with Gasteiger partial charge < -0.3 is 15.2 Å². The van der Waals surface area contributed by atoms with Crippen LogP contribution in [0, 0.1) is 23.2 Å². The molecule has 2 rings (SSSR count). The molecule has 1 aliphatic heterocycles. The van der Waals surface area contributed by atoms with Crippen LogP contribution < -0.4 is 5.73 Å². The average molecular weight is 316 g/mol. The minimum absolute atomic E-state index is 0.0921. The zero-order valence-corrected chi connectivity index (χ0v) is 14.5. The van der Waals surface area contributed by atoms with E-state index in [0.29, 0.717) is 23.2 Å². The molecule has 1 saturated heterocycles. The number of nitrogens with two attached hydrogens (primary N) is 1. The highest BCUT2D eigenvalue weighted by Gasteiger charge is 2.23. The number of amides is 1. The summed E-state index contributed by atoms with van der Waals surface area (Å²) in [6.45, 7) is 8.37. The lowest BCUT2D eigenvalue weighted by atomic mass is 10.0. The largest absolute Gasteiger partial charge is 0.397 e. The second-order valence-corrected chi connectivity index (χ2v) is 7.15. The van der Waals surface area contributed by atoms with Crippen molar-refractivity contribution in [3.8, 4) is 6.07 Å². The van der Waals surface area contributed by atoms with E-state index in [1.807, 2.05) is 9.47 Å². The number of anilines is 1. The fourth-order valence-electron chi connectivity index (χ4n) is 3.24. The van der Waals surface area contributed by atoms with Gasteiger partial charge in [-0.1, -0.05) is 20.8 Å². The molecule has 126 valence electrons. The molecule has 1 aliphatic rings. The molecule has 2 N–H and O–H groups in total. The fourth-order valence-corrected chi connectivity index (χ4v) is 3.24. The number of rotatable bonds is 5. The van der Waals surface area contributed by atoms with Crippen LogP contribution in [0.4, 0.5) is 5.69 Å². The Morgan fingerprint density at radius 2 is 2.26 bits per heavy atom. The third-order valence-electron chi connectivity index (χ3n) is 4.62. The molecule has 1 aromatic heterocycles. The Hall–Kier alpha value is -1.96. The molecule has 1 aromatic rings. The Labute approximate surface area is 139 Å². The van der Waals surface area contributed by atoms with Gasteiger partial charge >= 0.3 is 0 Å². The van der Waals surface area contributed by atoms with E-state index in [1.165, 1.54) is 6.42 Å². The lowest BCUT2D eigenvalue weighted by Crippen LogP contribution is -2.41. The highest BCUT2D eigenvalue weighted by atomic mass is 16.2. The Morgan fingerprint density at radius 3 is 2.87 bits per heavy atom. The van der Waals surface area contributed by atoms with E-state index in [2.05, 4.69) is 26.8 Å². The highest BCUT2D eigenvalue weighted by Crippen LogP contribution is 2.23. The molecule has 5 nitrogen and oxygen atoms in total. The van der Waals surface area contributed by atoms with Gasteiger partial charge in [-0.05, 0) is 43.6 Å². The lowest BCUT2D eigenvalue weighted by Gasteiger charge is -2.31. The second kappa shape index (κ2) is 7.54. The predicted octanol–water partition coefficient (Wildman–Crippen LogP) is 2.79. The van der Waals surface area contributed by atoms with Gasteiger partial charge in [-0.2, -0.15) is 5.26 Å². The number of nitrogens with zero attached hydrogens (tertiary/aromatic N) is 3. The first-order valence-electron chi connectivity index (χ1n) is 8.58. The summed E-state index contributed by atoms with van der Waals surface area (Å²) >= 11 is 0. The topological polar surface area (TPSA) is 75.0 Å². The van der Waals surface area contributed by atoms with Crippen molar-refractivity contribution in [1.29, 1.82) is 5.26 Å². The molecule has 1 atom stereocenters.